The summed E-state index contributed by atoms with van der Waals surface area (Å²) in [7, 11) is 0. The lowest BCUT2D eigenvalue weighted by Gasteiger charge is -2.13. The molecule has 27 heavy (non-hydrogen) atoms. The number of aryl methyl sites for hydroxylation is 2. The van der Waals surface area contributed by atoms with Crippen LogP contribution in [0.5, 0.6) is 5.75 Å². The average Bonchev–Trinajstić information content (AvgIpc) is 3.07. The zero-order valence-corrected chi connectivity index (χ0v) is 15.8. The first-order chi connectivity index (χ1) is 13.2. The number of aromatic nitrogens is 3. The monoisotopic (exact) mass is 357 g/mol. The summed E-state index contributed by atoms with van der Waals surface area (Å²) in [5.74, 6) is 1.50. The summed E-state index contributed by atoms with van der Waals surface area (Å²) in [6.45, 7) is 9.03. The van der Waals surface area contributed by atoms with Crippen LogP contribution in [-0.2, 0) is 12.8 Å². The lowest BCUT2D eigenvalue weighted by molar-refractivity contribution is 0.365. The first-order valence-electron chi connectivity index (χ1n) is 9.38. The van der Waals surface area contributed by atoms with E-state index in [1.807, 2.05) is 36.4 Å². The smallest absolute Gasteiger partial charge is 0.235 e. The normalized spacial score (nSPS) is 16.1. The first kappa shape index (κ1) is 17.3. The zero-order chi connectivity index (χ0) is 18.8. The Kier molecular flexibility index (Phi) is 4.63. The molecule has 0 N–H and O–H groups in total. The molecule has 136 valence electrons. The van der Waals surface area contributed by atoms with Crippen LogP contribution in [0.1, 0.15) is 30.9 Å². The molecule has 0 radical (unpaired) electrons. The van der Waals surface area contributed by atoms with Crippen LogP contribution in [0.4, 0.5) is 0 Å². The van der Waals surface area contributed by atoms with Gasteiger partial charge in [-0.3, -0.25) is 4.57 Å². The molecule has 0 amide bonds. The molecule has 0 bridgehead atoms. The van der Waals surface area contributed by atoms with Crippen LogP contribution in [0.2, 0.25) is 0 Å². The van der Waals surface area contributed by atoms with Crippen LogP contribution in [0, 0.1) is 0 Å². The van der Waals surface area contributed by atoms with Gasteiger partial charge in [-0.2, -0.15) is 0 Å². The second-order valence-corrected chi connectivity index (χ2v) is 6.51. The van der Waals surface area contributed by atoms with Crippen molar-refractivity contribution >= 4 is 16.5 Å². The summed E-state index contributed by atoms with van der Waals surface area (Å²) in [6, 6.07) is 10.3. The second kappa shape index (κ2) is 7.23. The number of nitrogens with zero attached hydrogens (tertiary/aromatic N) is 3. The van der Waals surface area contributed by atoms with Crippen molar-refractivity contribution in [3.63, 3.8) is 0 Å². The number of allylic oxidation sites excluding steroid dienone is 4. The minimum Gasteiger partial charge on any atom is -0.487 e. The van der Waals surface area contributed by atoms with Crippen LogP contribution in [0.3, 0.4) is 0 Å². The predicted octanol–water partition coefficient (Wildman–Crippen LogP) is 5.06. The Balaban J connectivity index is 2.07. The predicted molar refractivity (Wildman–Crippen MR) is 110 cm³/mol. The number of hydrogen-bond acceptors (Lipinski definition) is 3. The molecule has 0 saturated heterocycles. The summed E-state index contributed by atoms with van der Waals surface area (Å²) >= 11 is 0. The fraction of sp³-hybridized carbons (Fsp3) is 0.217. The van der Waals surface area contributed by atoms with E-state index in [1.54, 1.807) is 0 Å². The van der Waals surface area contributed by atoms with Crippen molar-refractivity contribution in [1.29, 1.82) is 0 Å². The van der Waals surface area contributed by atoms with E-state index in [4.69, 9.17) is 14.7 Å². The molecular weight excluding hydrogens is 334 g/mol. The minimum absolute atomic E-state index is 0.509. The van der Waals surface area contributed by atoms with E-state index in [0.717, 1.165) is 52.1 Å². The molecular formula is C23H23N3O. The number of para-hydroxylation sites is 1. The highest BCUT2D eigenvalue weighted by molar-refractivity contribution is 5.96. The van der Waals surface area contributed by atoms with E-state index in [-0.39, 0.29) is 0 Å². The maximum absolute atomic E-state index is 6.14. The molecule has 0 fully saturated rings. The molecule has 1 aliphatic rings. The number of ether oxygens (including phenoxy) is 1. The molecule has 4 heteroatoms. The molecule has 1 aliphatic heterocycles. The highest BCUT2D eigenvalue weighted by Gasteiger charge is 2.23. The van der Waals surface area contributed by atoms with Crippen LogP contribution in [-0.4, -0.2) is 21.1 Å². The molecule has 3 heterocycles. The third-order valence-corrected chi connectivity index (χ3v) is 4.75. The van der Waals surface area contributed by atoms with Gasteiger partial charge in [0.05, 0.1) is 11.2 Å². The number of hydrogen-bond donors (Lipinski definition) is 0. The highest BCUT2D eigenvalue weighted by Crippen LogP contribution is 2.39. The standard InChI is InChI=1S/C23H23N3O/c1-4-17-15-18(5-2)25-23(24-17)26-20-13-9-8-12-19(20)22-21(26)16(3)11-7-6-10-14-27-22/h6-13,15H,3-5,14H2,1-2H3/b10-6-,11-7-. The molecule has 0 aliphatic carbocycles. The molecule has 4 nitrogen and oxygen atoms in total. The topological polar surface area (TPSA) is 39.9 Å². The Morgan fingerprint density at radius 2 is 1.81 bits per heavy atom. The molecule has 2 aromatic heterocycles. The fourth-order valence-corrected chi connectivity index (χ4v) is 3.37. The highest BCUT2D eigenvalue weighted by atomic mass is 16.5. The van der Waals surface area contributed by atoms with Gasteiger partial charge in [0.15, 0.2) is 5.75 Å². The number of rotatable bonds is 3. The van der Waals surface area contributed by atoms with Crippen molar-refractivity contribution < 1.29 is 4.74 Å². The Labute approximate surface area is 159 Å². The molecule has 0 atom stereocenters. The summed E-state index contributed by atoms with van der Waals surface area (Å²) in [6.07, 6.45) is 9.70. The van der Waals surface area contributed by atoms with Gasteiger partial charge in [0.2, 0.25) is 5.95 Å². The van der Waals surface area contributed by atoms with Crippen molar-refractivity contribution in [1.82, 2.24) is 14.5 Å². The Morgan fingerprint density at radius 1 is 1.07 bits per heavy atom. The van der Waals surface area contributed by atoms with Gasteiger partial charge in [0.1, 0.15) is 6.61 Å². The summed E-state index contributed by atoms with van der Waals surface area (Å²) in [5.41, 5.74) is 4.88. The van der Waals surface area contributed by atoms with E-state index in [9.17, 15) is 0 Å². The third kappa shape index (κ3) is 3.08. The Hall–Kier alpha value is -3.14. The molecule has 0 spiro atoms. The van der Waals surface area contributed by atoms with Gasteiger partial charge in [-0.15, -0.1) is 0 Å². The second-order valence-electron chi connectivity index (χ2n) is 6.51. The van der Waals surface area contributed by atoms with Gasteiger partial charge in [-0.05, 0) is 42.7 Å². The van der Waals surface area contributed by atoms with Gasteiger partial charge in [-0.25, -0.2) is 9.97 Å². The van der Waals surface area contributed by atoms with Gasteiger partial charge in [-0.1, -0.05) is 50.8 Å². The fourth-order valence-electron chi connectivity index (χ4n) is 3.37. The summed E-state index contributed by atoms with van der Waals surface area (Å²) in [4.78, 5) is 9.66. The molecule has 3 aromatic rings. The average molecular weight is 357 g/mol. The maximum Gasteiger partial charge on any atom is 0.235 e. The maximum atomic E-state index is 6.14. The largest absolute Gasteiger partial charge is 0.487 e. The van der Waals surface area contributed by atoms with Gasteiger partial charge >= 0.3 is 0 Å². The minimum atomic E-state index is 0.509. The number of fused-ring (bicyclic) bond motifs is 3. The quantitative estimate of drug-likeness (QED) is 0.657. The van der Waals surface area contributed by atoms with E-state index >= 15 is 0 Å². The first-order valence-corrected chi connectivity index (χ1v) is 9.38. The van der Waals surface area contributed by atoms with Crippen molar-refractivity contribution in [2.24, 2.45) is 0 Å². The van der Waals surface area contributed by atoms with E-state index in [1.165, 1.54) is 0 Å². The SMILES string of the molecule is C=C1/C=C\C=C/COc2c1n(-c1nc(CC)cc(CC)n1)c1ccccc21. The molecule has 4 rings (SSSR count). The van der Waals surface area contributed by atoms with Crippen molar-refractivity contribution in [2.75, 3.05) is 6.61 Å². The lowest BCUT2D eigenvalue weighted by atomic mass is 10.1. The van der Waals surface area contributed by atoms with Crippen LogP contribution in [0.25, 0.3) is 22.4 Å². The number of benzene rings is 1. The van der Waals surface area contributed by atoms with E-state index < -0.39 is 0 Å². The lowest BCUT2D eigenvalue weighted by Crippen LogP contribution is -2.09. The van der Waals surface area contributed by atoms with E-state index in [0.29, 0.717) is 12.6 Å². The zero-order valence-electron chi connectivity index (χ0n) is 15.8. The summed E-state index contributed by atoms with van der Waals surface area (Å²) < 4.78 is 8.23. The van der Waals surface area contributed by atoms with Crippen molar-refractivity contribution in [2.45, 2.75) is 26.7 Å². The third-order valence-electron chi connectivity index (χ3n) is 4.75. The van der Waals surface area contributed by atoms with Gasteiger partial charge < -0.3 is 4.74 Å². The van der Waals surface area contributed by atoms with E-state index in [2.05, 4.69) is 43.2 Å². The van der Waals surface area contributed by atoms with Crippen LogP contribution in [0.15, 0.2) is 61.2 Å². The molecule has 1 aromatic carbocycles. The molecule has 0 saturated carbocycles. The summed E-state index contributed by atoms with van der Waals surface area (Å²) in [5, 5.41) is 1.04. The van der Waals surface area contributed by atoms with Crippen LogP contribution < -0.4 is 4.74 Å². The Morgan fingerprint density at radius 3 is 2.56 bits per heavy atom. The molecule has 0 unspecified atom stereocenters. The van der Waals surface area contributed by atoms with Crippen molar-refractivity contribution in [3.8, 4) is 11.7 Å². The van der Waals surface area contributed by atoms with Gasteiger partial charge in [0.25, 0.3) is 0 Å². The van der Waals surface area contributed by atoms with Crippen LogP contribution >= 0.6 is 0 Å². The Bertz CT molecular complexity index is 1050. The van der Waals surface area contributed by atoms with Crippen molar-refractivity contribution in [3.05, 3.63) is 78.3 Å². The van der Waals surface area contributed by atoms with Gasteiger partial charge in [0, 0.05) is 16.8 Å².